The lowest BCUT2D eigenvalue weighted by atomic mass is 9.80. The summed E-state index contributed by atoms with van der Waals surface area (Å²) in [4.78, 5) is 11.2. The Labute approximate surface area is 91.0 Å². The molecule has 4 nitrogen and oxygen atoms in total. The van der Waals surface area contributed by atoms with Crippen LogP contribution >= 0.6 is 0 Å². The molecule has 0 aromatic carbocycles. The van der Waals surface area contributed by atoms with Crippen LogP contribution < -0.4 is 11.1 Å². The average molecular weight is 240 g/mol. The second kappa shape index (κ2) is 3.89. The van der Waals surface area contributed by atoms with Crippen molar-refractivity contribution in [3.8, 4) is 0 Å². The standard InChI is InChI=1S/C9H15F3N2O2/c1-7(13,9(10,11)12)6(15)14-5-8(16)3-2-4-8/h16H,2-5,13H2,1H3,(H,14,15). The highest BCUT2D eigenvalue weighted by Gasteiger charge is 2.54. The monoisotopic (exact) mass is 240 g/mol. The van der Waals surface area contributed by atoms with E-state index in [2.05, 4.69) is 0 Å². The molecule has 0 heterocycles. The van der Waals surface area contributed by atoms with Gasteiger partial charge < -0.3 is 16.2 Å². The Morgan fingerprint density at radius 1 is 1.50 bits per heavy atom. The molecule has 16 heavy (non-hydrogen) atoms. The van der Waals surface area contributed by atoms with Crippen molar-refractivity contribution >= 4 is 5.91 Å². The van der Waals surface area contributed by atoms with Crippen LogP contribution in [-0.2, 0) is 4.79 Å². The number of carbonyl (C=O) groups is 1. The van der Waals surface area contributed by atoms with Gasteiger partial charge in [-0.25, -0.2) is 0 Å². The highest BCUT2D eigenvalue weighted by molar-refractivity contribution is 5.86. The number of nitrogens with one attached hydrogen (secondary N) is 1. The number of halogens is 3. The first-order valence-corrected chi connectivity index (χ1v) is 4.95. The lowest BCUT2D eigenvalue weighted by molar-refractivity contribution is -0.188. The minimum absolute atomic E-state index is 0.186. The zero-order valence-corrected chi connectivity index (χ0v) is 8.90. The molecule has 0 bridgehead atoms. The zero-order valence-electron chi connectivity index (χ0n) is 8.90. The molecule has 1 rings (SSSR count). The second-order valence-electron chi connectivity index (χ2n) is 4.46. The van der Waals surface area contributed by atoms with E-state index in [4.69, 9.17) is 5.73 Å². The van der Waals surface area contributed by atoms with Gasteiger partial charge in [-0.15, -0.1) is 0 Å². The Morgan fingerprint density at radius 2 is 2.00 bits per heavy atom. The van der Waals surface area contributed by atoms with Crippen LogP contribution in [0.1, 0.15) is 26.2 Å². The van der Waals surface area contributed by atoms with Crippen LogP contribution in [0.25, 0.3) is 0 Å². The minimum Gasteiger partial charge on any atom is -0.388 e. The largest absolute Gasteiger partial charge is 0.415 e. The van der Waals surface area contributed by atoms with Crippen molar-refractivity contribution in [2.75, 3.05) is 6.54 Å². The maximum absolute atomic E-state index is 12.4. The SMILES string of the molecule is CC(N)(C(=O)NCC1(O)CCC1)C(F)(F)F. The van der Waals surface area contributed by atoms with Crippen molar-refractivity contribution in [3.63, 3.8) is 0 Å². The molecule has 1 unspecified atom stereocenters. The summed E-state index contributed by atoms with van der Waals surface area (Å²) in [5.74, 6) is -1.32. The molecule has 4 N–H and O–H groups in total. The first-order valence-electron chi connectivity index (χ1n) is 4.95. The van der Waals surface area contributed by atoms with Gasteiger partial charge in [-0.05, 0) is 26.2 Å². The van der Waals surface area contributed by atoms with Crippen molar-refractivity contribution in [1.29, 1.82) is 0 Å². The quantitative estimate of drug-likeness (QED) is 0.664. The summed E-state index contributed by atoms with van der Waals surface area (Å²) in [6.07, 6.45) is -3.02. The number of hydrogen-bond donors (Lipinski definition) is 3. The van der Waals surface area contributed by atoms with E-state index in [9.17, 15) is 23.1 Å². The van der Waals surface area contributed by atoms with Crippen molar-refractivity contribution in [2.45, 2.75) is 43.5 Å². The van der Waals surface area contributed by atoms with Gasteiger partial charge in [0.25, 0.3) is 0 Å². The Kier molecular flexibility index (Phi) is 3.22. The van der Waals surface area contributed by atoms with Crippen molar-refractivity contribution in [2.24, 2.45) is 5.73 Å². The number of alkyl halides is 3. The third-order valence-electron chi connectivity index (χ3n) is 2.92. The van der Waals surface area contributed by atoms with Gasteiger partial charge in [-0.2, -0.15) is 13.2 Å². The summed E-state index contributed by atoms with van der Waals surface area (Å²) in [6.45, 7) is 0.419. The smallest absolute Gasteiger partial charge is 0.388 e. The Morgan fingerprint density at radius 3 is 2.31 bits per heavy atom. The summed E-state index contributed by atoms with van der Waals surface area (Å²) < 4.78 is 37.1. The molecule has 0 aromatic rings. The Balaban J connectivity index is 2.52. The Hall–Kier alpha value is -0.820. The summed E-state index contributed by atoms with van der Waals surface area (Å²) in [5.41, 5.74) is 0.926. The van der Waals surface area contributed by atoms with Crippen LogP contribution in [0.2, 0.25) is 0 Å². The van der Waals surface area contributed by atoms with Crippen LogP contribution in [0.5, 0.6) is 0 Å². The molecular formula is C9H15F3N2O2. The average Bonchev–Trinajstić information content (AvgIpc) is 2.09. The fraction of sp³-hybridized carbons (Fsp3) is 0.889. The number of nitrogens with two attached hydrogens (primary N) is 1. The third-order valence-corrected chi connectivity index (χ3v) is 2.92. The van der Waals surface area contributed by atoms with Gasteiger partial charge in [0.05, 0.1) is 5.60 Å². The molecule has 1 amide bonds. The molecule has 1 aliphatic rings. The number of carbonyl (C=O) groups excluding carboxylic acids is 1. The molecule has 94 valence electrons. The molecule has 0 saturated heterocycles. The van der Waals surface area contributed by atoms with Gasteiger partial charge in [0.2, 0.25) is 5.91 Å². The molecule has 0 radical (unpaired) electrons. The maximum atomic E-state index is 12.4. The van der Waals surface area contributed by atoms with Gasteiger partial charge in [0.1, 0.15) is 0 Å². The van der Waals surface area contributed by atoms with Gasteiger partial charge in [0.15, 0.2) is 5.54 Å². The predicted molar refractivity (Wildman–Crippen MR) is 50.5 cm³/mol. The maximum Gasteiger partial charge on any atom is 0.415 e. The van der Waals surface area contributed by atoms with Gasteiger partial charge in [-0.3, -0.25) is 4.79 Å². The van der Waals surface area contributed by atoms with Crippen LogP contribution in [0, 0.1) is 0 Å². The molecule has 7 heteroatoms. The summed E-state index contributed by atoms with van der Waals surface area (Å²) in [6, 6.07) is 0. The van der Waals surface area contributed by atoms with E-state index in [1.807, 2.05) is 5.32 Å². The summed E-state index contributed by atoms with van der Waals surface area (Å²) in [5, 5.41) is 11.6. The molecule has 0 aromatic heterocycles. The lowest BCUT2D eigenvalue weighted by Crippen LogP contribution is -2.63. The van der Waals surface area contributed by atoms with Crippen LogP contribution in [0.3, 0.4) is 0 Å². The molecule has 1 aliphatic carbocycles. The van der Waals surface area contributed by atoms with Crippen LogP contribution in [0.4, 0.5) is 13.2 Å². The number of aliphatic hydroxyl groups is 1. The van der Waals surface area contributed by atoms with Crippen molar-refractivity contribution in [1.82, 2.24) is 5.32 Å². The molecule has 0 aliphatic heterocycles. The van der Waals surface area contributed by atoms with E-state index < -0.39 is 23.2 Å². The fourth-order valence-electron chi connectivity index (χ4n) is 1.32. The van der Waals surface area contributed by atoms with Gasteiger partial charge in [0, 0.05) is 6.54 Å². The van der Waals surface area contributed by atoms with E-state index in [1.165, 1.54) is 0 Å². The van der Waals surface area contributed by atoms with E-state index >= 15 is 0 Å². The second-order valence-corrected chi connectivity index (χ2v) is 4.46. The first kappa shape index (κ1) is 13.2. The molecule has 1 fully saturated rings. The van der Waals surface area contributed by atoms with E-state index in [0.717, 1.165) is 6.42 Å². The number of hydrogen-bond acceptors (Lipinski definition) is 3. The highest BCUT2D eigenvalue weighted by atomic mass is 19.4. The number of rotatable bonds is 3. The highest BCUT2D eigenvalue weighted by Crippen LogP contribution is 2.31. The van der Waals surface area contributed by atoms with E-state index in [1.54, 1.807) is 0 Å². The minimum atomic E-state index is -4.81. The van der Waals surface area contributed by atoms with Crippen molar-refractivity contribution in [3.05, 3.63) is 0 Å². The first-order chi connectivity index (χ1) is 7.08. The van der Waals surface area contributed by atoms with Crippen molar-refractivity contribution < 1.29 is 23.1 Å². The molecule has 1 saturated carbocycles. The topological polar surface area (TPSA) is 75.4 Å². The normalized spacial score (nSPS) is 23.1. The van der Waals surface area contributed by atoms with Gasteiger partial charge >= 0.3 is 6.18 Å². The van der Waals surface area contributed by atoms with E-state index in [-0.39, 0.29) is 6.54 Å². The fourth-order valence-corrected chi connectivity index (χ4v) is 1.32. The molecule has 0 spiro atoms. The summed E-state index contributed by atoms with van der Waals surface area (Å²) in [7, 11) is 0. The van der Waals surface area contributed by atoms with Crippen LogP contribution in [0.15, 0.2) is 0 Å². The third kappa shape index (κ3) is 2.46. The lowest BCUT2D eigenvalue weighted by Gasteiger charge is -2.37. The van der Waals surface area contributed by atoms with Gasteiger partial charge in [-0.1, -0.05) is 0 Å². The summed E-state index contributed by atoms with van der Waals surface area (Å²) >= 11 is 0. The van der Waals surface area contributed by atoms with E-state index in [0.29, 0.717) is 19.8 Å². The molecular weight excluding hydrogens is 225 g/mol. The predicted octanol–water partition coefficient (Wildman–Crippen LogP) is 0.297. The van der Waals surface area contributed by atoms with Crippen LogP contribution in [-0.4, -0.2) is 34.9 Å². The Bertz CT molecular complexity index is 285. The molecule has 1 atom stereocenters. The number of amides is 1. The zero-order chi connectivity index (χ0) is 12.6.